The molecule has 6 heteroatoms. The van der Waals surface area contributed by atoms with Crippen molar-refractivity contribution in [2.75, 3.05) is 13.7 Å². The van der Waals surface area contributed by atoms with Crippen molar-refractivity contribution in [3.8, 4) is 0 Å². The highest BCUT2D eigenvalue weighted by molar-refractivity contribution is 5.70. The summed E-state index contributed by atoms with van der Waals surface area (Å²) in [7, 11) is 1.33. The third kappa shape index (κ3) is 5.92. The van der Waals surface area contributed by atoms with Gasteiger partial charge in [-0.1, -0.05) is 12.0 Å². The highest BCUT2D eigenvalue weighted by Crippen LogP contribution is 2.31. The summed E-state index contributed by atoms with van der Waals surface area (Å²) < 4.78 is 4.56. The third-order valence-corrected chi connectivity index (χ3v) is 3.00. The lowest BCUT2D eigenvalue weighted by atomic mass is 9.78. The van der Waals surface area contributed by atoms with E-state index < -0.39 is 5.41 Å². The van der Waals surface area contributed by atoms with Gasteiger partial charge in [-0.15, -0.1) is 0 Å². The summed E-state index contributed by atoms with van der Waals surface area (Å²) in [6.45, 7) is 2.30. The highest BCUT2D eigenvalue weighted by atomic mass is 16.5. The van der Waals surface area contributed by atoms with Crippen LogP contribution in [0.3, 0.4) is 0 Å². The zero-order valence-corrected chi connectivity index (χ0v) is 10.4. The molecule has 0 N–H and O–H groups in total. The van der Waals surface area contributed by atoms with Gasteiger partial charge < -0.3 is 9.53 Å². The van der Waals surface area contributed by atoms with Gasteiger partial charge in [0.25, 0.3) is 0 Å². The molecule has 0 saturated carbocycles. The first-order chi connectivity index (χ1) is 8.14. The van der Waals surface area contributed by atoms with E-state index in [0.717, 1.165) is 6.29 Å². The molecule has 0 amide bonds. The van der Waals surface area contributed by atoms with E-state index in [1.165, 1.54) is 7.11 Å². The molecule has 0 aliphatic heterocycles. The van der Waals surface area contributed by atoms with Crippen molar-refractivity contribution in [2.24, 2.45) is 10.5 Å². The van der Waals surface area contributed by atoms with Crippen LogP contribution in [0, 0.1) is 5.41 Å². The Bertz CT molecular complexity index is 300. The van der Waals surface area contributed by atoms with Gasteiger partial charge in [0, 0.05) is 23.3 Å². The van der Waals surface area contributed by atoms with Crippen LogP contribution >= 0.6 is 0 Å². The first-order valence-corrected chi connectivity index (χ1v) is 5.68. The SMILES string of the molecule is CC[C@@](C=O)(CCCN=[N+]=[N-])CCC(=O)OC. The number of hydrogen-bond donors (Lipinski definition) is 0. The Hall–Kier alpha value is -1.55. The molecule has 1 atom stereocenters. The van der Waals surface area contributed by atoms with Crippen LogP contribution in [0.5, 0.6) is 0 Å². The number of carbonyl (C=O) groups is 2. The zero-order valence-electron chi connectivity index (χ0n) is 10.4. The van der Waals surface area contributed by atoms with Gasteiger partial charge in [-0.25, -0.2) is 0 Å². The quantitative estimate of drug-likeness (QED) is 0.155. The lowest BCUT2D eigenvalue weighted by Gasteiger charge is -2.25. The number of rotatable bonds is 9. The van der Waals surface area contributed by atoms with Crippen LogP contribution in [0.15, 0.2) is 5.11 Å². The van der Waals surface area contributed by atoms with Crippen LogP contribution in [0.25, 0.3) is 10.4 Å². The zero-order chi connectivity index (χ0) is 13.1. The Morgan fingerprint density at radius 1 is 1.53 bits per heavy atom. The van der Waals surface area contributed by atoms with E-state index in [-0.39, 0.29) is 12.4 Å². The highest BCUT2D eigenvalue weighted by Gasteiger charge is 2.27. The Kier molecular flexibility index (Phi) is 7.80. The fourth-order valence-corrected chi connectivity index (χ4v) is 1.68. The fraction of sp³-hybridized carbons (Fsp3) is 0.818. The van der Waals surface area contributed by atoms with Crippen molar-refractivity contribution in [1.82, 2.24) is 0 Å². The van der Waals surface area contributed by atoms with Crippen molar-refractivity contribution in [1.29, 1.82) is 0 Å². The smallest absolute Gasteiger partial charge is 0.305 e. The van der Waals surface area contributed by atoms with Gasteiger partial charge in [0.1, 0.15) is 6.29 Å². The summed E-state index contributed by atoms with van der Waals surface area (Å²) in [5, 5.41) is 3.43. The number of azide groups is 1. The van der Waals surface area contributed by atoms with Gasteiger partial charge in [0.15, 0.2) is 0 Å². The lowest BCUT2D eigenvalue weighted by Crippen LogP contribution is -2.23. The number of methoxy groups -OCH3 is 1. The summed E-state index contributed by atoms with van der Waals surface area (Å²) in [6, 6.07) is 0. The van der Waals surface area contributed by atoms with Gasteiger partial charge in [0.2, 0.25) is 0 Å². The summed E-state index contributed by atoms with van der Waals surface area (Å²) in [6.07, 6.45) is 3.58. The van der Waals surface area contributed by atoms with E-state index in [9.17, 15) is 9.59 Å². The molecule has 0 fully saturated rings. The number of ether oxygens (including phenoxy) is 1. The van der Waals surface area contributed by atoms with Crippen LogP contribution in [-0.2, 0) is 14.3 Å². The van der Waals surface area contributed by atoms with E-state index in [2.05, 4.69) is 14.8 Å². The molecule has 0 aliphatic carbocycles. The number of hydrogen-bond acceptors (Lipinski definition) is 4. The molecule has 0 aromatic rings. The number of nitrogens with zero attached hydrogens (tertiary/aromatic N) is 3. The van der Waals surface area contributed by atoms with Crippen molar-refractivity contribution in [3.05, 3.63) is 10.4 Å². The van der Waals surface area contributed by atoms with Gasteiger partial charge in [-0.3, -0.25) is 4.79 Å². The Balaban J connectivity index is 4.28. The maximum Gasteiger partial charge on any atom is 0.305 e. The molecule has 0 radical (unpaired) electrons. The molecule has 17 heavy (non-hydrogen) atoms. The molecule has 96 valence electrons. The normalized spacial score (nSPS) is 13.3. The number of aldehydes is 1. The van der Waals surface area contributed by atoms with Crippen LogP contribution in [-0.4, -0.2) is 25.9 Å². The predicted octanol–water partition coefficient (Wildman–Crippen LogP) is 2.63. The fourth-order valence-electron chi connectivity index (χ4n) is 1.68. The second-order valence-corrected chi connectivity index (χ2v) is 3.97. The standard InChI is InChI=1S/C11H19N3O3/c1-3-11(9-15,6-4-8-13-14-12)7-5-10(16)17-2/h9H,3-8H2,1-2H3/t11-/m1/s1. The summed E-state index contributed by atoms with van der Waals surface area (Å²) in [4.78, 5) is 24.9. The van der Waals surface area contributed by atoms with E-state index in [4.69, 9.17) is 5.53 Å². The average Bonchev–Trinajstić information content (AvgIpc) is 2.38. The molecule has 0 heterocycles. The molecule has 0 aromatic heterocycles. The van der Waals surface area contributed by atoms with Crippen molar-refractivity contribution in [2.45, 2.75) is 39.0 Å². The average molecular weight is 241 g/mol. The minimum absolute atomic E-state index is 0.241. The van der Waals surface area contributed by atoms with Gasteiger partial charge in [0.05, 0.1) is 7.11 Å². The molecule has 0 bridgehead atoms. The van der Waals surface area contributed by atoms with Crippen molar-refractivity contribution < 1.29 is 14.3 Å². The van der Waals surface area contributed by atoms with Gasteiger partial charge >= 0.3 is 5.97 Å². The minimum atomic E-state index is -0.501. The summed E-state index contributed by atoms with van der Waals surface area (Å²) in [5.74, 6) is -0.306. The predicted molar refractivity (Wildman–Crippen MR) is 63.3 cm³/mol. The maximum atomic E-state index is 11.2. The van der Waals surface area contributed by atoms with Crippen LogP contribution in [0.1, 0.15) is 39.0 Å². The molecule has 0 aliphatic rings. The lowest BCUT2D eigenvalue weighted by molar-refractivity contribution is -0.141. The maximum absolute atomic E-state index is 11.2. The van der Waals surface area contributed by atoms with E-state index in [1.807, 2.05) is 6.92 Å². The monoisotopic (exact) mass is 241 g/mol. The molecule has 6 nitrogen and oxygen atoms in total. The van der Waals surface area contributed by atoms with Gasteiger partial charge in [-0.05, 0) is 31.2 Å². The Morgan fingerprint density at radius 3 is 2.71 bits per heavy atom. The second kappa shape index (κ2) is 8.58. The molecule has 0 rings (SSSR count). The second-order valence-electron chi connectivity index (χ2n) is 3.97. The Labute approximate surface area is 101 Å². The molecule has 0 saturated heterocycles. The summed E-state index contributed by atoms with van der Waals surface area (Å²) in [5.41, 5.74) is 7.64. The molecular formula is C11H19N3O3. The minimum Gasteiger partial charge on any atom is -0.469 e. The first-order valence-electron chi connectivity index (χ1n) is 5.68. The molecule has 0 aromatic carbocycles. The van der Waals surface area contributed by atoms with E-state index in [1.54, 1.807) is 0 Å². The number of esters is 1. The first kappa shape index (κ1) is 15.4. The largest absolute Gasteiger partial charge is 0.469 e. The van der Waals surface area contributed by atoms with Crippen LogP contribution in [0.2, 0.25) is 0 Å². The Morgan fingerprint density at radius 2 is 2.24 bits per heavy atom. The van der Waals surface area contributed by atoms with Crippen molar-refractivity contribution >= 4 is 12.3 Å². The topological polar surface area (TPSA) is 92.1 Å². The van der Waals surface area contributed by atoms with E-state index >= 15 is 0 Å². The van der Waals surface area contributed by atoms with Gasteiger partial charge in [-0.2, -0.15) is 0 Å². The third-order valence-electron chi connectivity index (χ3n) is 3.00. The molecular weight excluding hydrogens is 222 g/mol. The number of carbonyl (C=O) groups excluding carboxylic acids is 2. The van der Waals surface area contributed by atoms with Crippen LogP contribution < -0.4 is 0 Å². The molecule has 0 unspecified atom stereocenters. The van der Waals surface area contributed by atoms with Crippen LogP contribution in [0.4, 0.5) is 0 Å². The summed E-state index contributed by atoms with van der Waals surface area (Å²) >= 11 is 0. The molecule has 0 spiro atoms. The van der Waals surface area contributed by atoms with E-state index in [0.29, 0.717) is 32.2 Å². The van der Waals surface area contributed by atoms with Crippen molar-refractivity contribution in [3.63, 3.8) is 0 Å².